The van der Waals surface area contributed by atoms with Gasteiger partial charge in [0.15, 0.2) is 5.69 Å². The molecule has 3 rings (SSSR count). The van der Waals surface area contributed by atoms with Crippen LogP contribution < -0.4 is 5.32 Å². The molecule has 118 valence electrons. The molecule has 0 radical (unpaired) electrons. The Morgan fingerprint density at radius 1 is 1.26 bits per heavy atom. The first-order valence-electron chi connectivity index (χ1n) is 7.38. The van der Waals surface area contributed by atoms with Gasteiger partial charge >= 0.3 is 0 Å². The SMILES string of the molecule is CCn1nc(C(=O)Nc2nnc(Cc3ccccc3)s2)cc1C. The summed E-state index contributed by atoms with van der Waals surface area (Å²) in [5.41, 5.74) is 2.52. The summed E-state index contributed by atoms with van der Waals surface area (Å²) in [7, 11) is 0. The van der Waals surface area contributed by atoms with E-state index in [4.69, 9.17) is 0 Å². The minimum Gasteiger partial charge on any atom is -0.295 e. The molecule has 7 heteroatoms. The first kappa shape index (κ1) is 15.4. The van der Waals surface area contributed by atoms with Crippen LogP contribution >= 0.6 is 11.3 Å². The summed E-state index contributed by atoms with van der Waals surface area (Å²) >= 11 is 1.38. The van der Waals surface area contributed by atoms with Crippen molar-refractivity contribution in [3.05, 3.63) is 58.4 Å². The van der Waals surface area contributed by atoms with E-state index in [1.807, 2.05) is 44.2 Å². The molecule has 0 aliphatic rings. The Hall–Kier alpha value is -2.54. The van der Waals surface area contributed by atoms with E-state index in [1.165, 1.54) is 16.9 Å². The van der Waals surface area contributed by atoms with Gasteiger partial charge in [-0.1, -0.05) is 41.7 Å². The zero-order valence-corrected chi connectivity index (χ0v) is 13.8. The Bertz CT molecular complexity index is 809. The van der Waals surface area contributed by atoms with Crippen LogP contribution in [-0.2, 0) is 13.0 Å². The van der Waals surface area contributed by atoms with E-state index in [9.17, 15) is 4.79 Å². The molecule has 0 unspecified atom stereocenters. The number of amides is 1. The van der Waals surface area contributed by atoms with Crippen molar-refractivity contribution >= 4 is 22.4 Å². The van der Waals surface area contributed by atoms with E-state index in [0.717, 1.165) is 17.2 Å². The summed E-state index contributed by atoms with van der Waals surface area (Å²) in [5, 5.41) is 16.5. The minimum atomic E-state index is -0.261. The van der Waals surface area contributed by atoms with Gasteiger partial charge in [0, 0.05) is 18.7 Å². The van der Waals surface area contributed by atoms with Crippen LogP contribution in [0.1, 0.15) is 33.7 Å². The third kappa shape index (κ3) is 3.62. The second-order valence-corrected chi connectivity index (χ2v) is 6.17. The molecule has 0 saturated carbocycles. The Morgan fingerprint density at radius 2 is 2.04 bits per heavy atom. The molecule has 2 aromatic heterocycles. The summed E-state index contributed by atoms with van der Waals surface area (Å²) in [6.07, 6.45) is 0.706. The molecule has 2 heterocycles. The van der Waals surface area contributed by atoms with Crippen LogP contribution in [0.5, 0.6) is 0 Å². The molecule has 3 aromatic rings. The van der Waals surface area contributed by atoms with Crippen LogP contribution in [0.15, 0.2) is 36.4 Å². The Balaban J connectivity index is 1.67. The van der Waals surface area contributed by atoms with Gasteiger partial charge in [-0.25, -0.2) is 0 Å². The number of hydrogen-bond acceptors (Lipinski definition) is 5. The topological polar surface area (TPSA) is 72.7 Å². The molecular weight excluding hydrogens is 310 g/mol. The van der Waals surface area contributed by atoms with Gasteiger partial charge in [0.2, 0.25) is 5.13 Å². The number of aromatic nitrogens is 4. The highest BCUT2D eigenvalue weighted by molar-refractivity contribution is 7.15. The largest absolute Gasteiger partial charge is 0.295 e. The van der Waals surface area contributed by atoms with Crippen LogP contribution in [-0.4, -0.2) is 25.9 Å². The fraction of sp³-hybridized carbons (Fsp3) is 0.250. The van der Waals surface area contributed by atoms with Crippen LogP contribution in [0.3, 0.4) is 0 Å². The van der Waals surface area contributed by atoms with Gasteiger partial charge in [0.25, 0.3) is 5.91 Å². The summed E-state index contributed by atoms with van der Waals surface area (Å²) < 4.78 is 1.79. The lowest BCUT2D eigenvalue weighted by Crippen LogP contribution is -2.13. The first-order chi connectivity index (χ1) is 11.2. The lowest BCUT2D eigenvalue weighted by atomic mass is 10.2. The third-order valence-electron chi connectivity index (χ3n) is 3.40. The van der Waals surface area contributed by atoms with E-state index in [2.05, 4.69) is 20.6 Å². The quantitative estimate of drug-likeness (QED) is 0.782. The van der Waals surface area contributed by atoms with E-state index >= 15 is 0 Å². The highest BCUT2D eigenvalue weighted by atomic mass is 32.1. The minimum absolute atomic E-state index is 0.261. The molecular formula is C16H17N5OS. The number of anilines is 1. The van der Waals surface area contributed by atoms with Crippen LogP contribution in [0.25, 0.3) is 0 Å². The van der Waals surface area contributed by atoms with Crippen molar-refractivity contribution in [3.63, 3.8) is 0 Å². The number of benzene rings is 1. The number of carbonyl (C=O) groups excluding carboxylic acids is 1. The molecule has 1 N–H and O–H groups in total. The molecule has 0 fully saturated rings. The standard InChI is InChI=1S/C16H17N5OS/c1-3-21-11(2)9-13(20-21)15(22)17-16-19-18-14(23-16)10-12-7-5-4-6-8-12/h4-9H,3,10H2,1-2H3,(H,17,19,22). The maximum absolute atomic E-state index is 12.2. The zero-order chi connectivity index (χ0) is 16.2. The predicted molar refractivity (Wildman–Crippen MR) is 89.7 cm³/mol. The van der Waals surface area contributed by atoms with Gasteiger partial charge < -0.3 is 0 Å². The molecule has 0 saturated heterocycles. The Labute approximate surface area is 138 Å². The maximum Gasteiger partial charge on any atom is 0.277 e. The van der Waals surface area contributed by atoms with Crippen molar-refractivity contribution in [1.29, 1.82) is 0 Å². The van der Waals surface area contributed by atoms with Gasteiger partial charge in [-0.15, -0.1) is 10.2 Å². The van der Waals surface area contributed by atoms with Crippen molar-refractivity contribution in [2.45, 2.75) is 26.8 Å². The molecule has 1 aromatic carbocycles. The van der Waals surface area contributed by atoms with Crippen molar-refractivity contribution in [1.82, 2.24) is 20.0 Å². The summed E-state index contributed by atoms with van der Waals surface area (Å²) in [5.74, 6) is -0.261. The molecule has 0 spiro atoms. The van der Waals surface area contributed by atoms with E-state index in [1.54, 1.807) is 10.7 Å². The number of carbonyl (C=O) groups is 1. The van der Waals surface area contributed by atoms with Crippen molar-refractivity contribution in [3.8, 4) is 0 Å². The van der Waals surface area contributed by atoms with Crippen molar-refractivity contribution in [2.24, 2.45) is 0 Å². The summed E-state index contributed by atoms with van der Waals surface area (Å²) in [6, 6.07) is 11.8. The van der Waals surface area contributed by atoms with Crippen LogP contribution in [0, 0.1) is 6.92 Å². The van der Waals surface area contributed by atoms with Gasteiger partial charge in [-0.2, -0.15) is 5.10 Å². The highest BCUT2D eigenvalue weighted by Gasteiger charge is 2.14. The monoisotopic (exact) mass is 327 g/mol. The molecule has 23 heavy (non-hydrogen) atoms. The molecule has 1 amide bonds. The molecule has 0 aliphatic heterocycles. The molecule has 0 atom stereocenters. The van der Waals surface area contributed by atoms with E-state index < -0.39 is 0 Å². The van der Waals surface area contributed by atoms with Crippen molar-refractivity contribution < 1.29 is 4.79 Å². The van der Waals surface area contributed by atoms with Gasteiger partial charge in [-0.3, -0.25) is 14.8 Å². The first-order valence-corrected chi connectivity index (χ1v) is 8.19. The predicted octanol–water partition coefficient (Wildman–Crippen LogP) is 2.91. The number of aryl methyl sites for hydroxylation is 2. The number of rotatable bonds is 5. The van der Waals surface area contributed by atoms with Crippen LogP contribution in [0.2, 0.25) is 0 Å². The fourth-order valence-electron chi connectivity index (χ4n) is 2.25. The summed E-state index contributed by atoms with van der Waals surface area (Å²) in [6.45, 7) is 4.65. The zero-order valence-electron chi connectivity index (χ0n) is 13.0. The van der Waals surface area contributed by atoms with E-state index in [0.29, 0.717) is 17.2 Å². The number of nitrogens with zero attached hydrogens (tertiary/aromatic N) is 4. The van der Waals surface area contributed by atoms with Gasteiger partial charge in [0.1, 0.15) is 5.01 Å². The van der Waals surface area contributed by atoms with E-state index in [-0.39, 0.29) is 5.91 Å². The second-order valence-electron chi connectivity index (χ2n) is 5.10. The lowest BCUT2D eigenvalue weighted by Gasteiger charge is -1.98. The number of hydrogen-bond donors (Lipinski definition) is 1. The molecule has 0 aliphatic carbocycles. The average molecular weight is 327 g/mol. The number of nitrogens with one attached hydrogen (secondary N) is 1. The van der Waals surface area contributed by atoms with Gasteiger partial charge in [-0.05, 0) is 25.5 Å². The second kappa shape index (κ2) is 6.70. The lowest BCUT2D eigenvalue weighted by molar-refractivity contribution is 0.102. The third-order valence-corrected chi connectivity index (χ3v) is 4.24. The Kier molecular flexibility index (Phi) is 4.47. The molecule has 6 nitrogen and oxygen atoms in total. The average Bonchev–Trinajstić information content (AvgIpc) is 3.14. The smallest absolute Gasteiger partial charge is 0.277 e. The fourth-order valence-corrected chi connectivity index (χ4v) is 3.02. The van der Waals surface area contributed by atoms with Crippen LogP contribution in [0.4, 0.5) is 5.13 Å². The highest BCUT2D eigenvalue weighted by Crippen LogP contribution is 2.19. The van der Waals surface area contributed by atoms with Gasteiger partial charge in [0.05, 0.1) is 0 Å². The van der Waals surface area contributed by atoms with Crippen molar-refractivity contribution in [2.75, 3.05) is 5.32 Å². The maximum atomic E-state index is 12.2. The molecule has 0 bridgehead atoms. The normalized spacial score (nSPS) is 10.7. The Morgan fingerprint density at radius 3 is 2.74 bits per heavy atom. The summed E-state index contributed by atoms with van der Waals surface area (Å²) in [4.78, 5) is 12.2.